The number of ether oxygens (including phenoxy) is 1. The lowest BCUT2D eigenvalue weighted by atomic mass is 10.2. The average molecular weight is 329 g/mol. The van der Waals surface area contributed by atoms with Crippen molar-refractivity contribution in [1.29, 1.82) is 0 Å². The van der Waals surface area contributed by atoms with Gasteiger partial charge in [-0.2, -0.15) is 0 Å². The monoisotopic (exact) mass is 328 g/mol. The van der Waals surface area contributed by atoms with Crippen LogP contribution in [0.5, 0.6) is 0 Å². The van der Waals surface area contributed by atoms with E-state index in [-0.39, 0.29) is 5.97 Å². The fourth-order valence-electron chi connectivity index (χ4n) is 1.18. The molecule has 7 heteroatoms. The van der Waals surface area contributed by atoms with Gasteiger partial charge in [0.1, 0.15) is 4.32 Å². The van der Waals surface area contributed by atoms with E-state index in [2.05, 4.69) is 15.9 Å². The molecule has 0 unspecified atom stereocenters. The molecule has 0 aromatic carbocycles. The van der Waals surface area contributed by atoms with E-state index in [1.807, 2.05) is 0 Å². The van der Waals surface area contributed by atoms with Crippen LogP contribution in [-0.2, 0) is 22.8 Å². The maximum absolute atomic E-state index is 11.4. The number of halogens is 1. The van der Waals surface area contributed by atoms with Gasteiger partial charge in [-0.3, -0.25) is 4.79 Å². The number of hydrogen-bond donors (Lipinski definition) is 0. The second kappa shape index (κ2) is 7.47. The molecular weight excluding hydrogens is 308 g/mol. The average Bonchev–Trinajstić information content (AvgIpc) is 2.29. The Morgan fingerprint density at radius 2 is 1.65 bits per heavy atom. The van der Waals surface area contributed by atoms with Gasteiger partial charge < -0.3 is 18.0 Å². The maximum atomic E-state index is 11.4. The zero-order valence-electron chi connectivity index (χ0n) is 11.0. The van der Waals surface area contributed by atoms with Gasteiger partial charge in [0.15, 0.2) is 0 Å². The van der Waals surface area contributed by atoms with Crippen LogP contribution in [0.3, 0.4) is 0 Å². The zero-order valence-corrected chi connectivity index (χ0v) is 13.6. The second-order valence-corrected chi connectivity index (χ2v) is 9.08. The molecule has 0 spiro atoms. The summed E-state index contributed by atoms with van der Waals surface area (Å²) in [6.07, 6.45) is 0.649. The number of hydrogen-bond acceptors (Lipinski definition) is 5. The maximum Gasteiger partial charge on any atom is 0.500 e. The Bertz CT molecular complexity index is 229. The first-order valence-corrected chi connectivity index (χ1v) is 8.05. The molecule has 0 aliphatic carbocycles. The van der Waals surface area contributed by atoms with Gasteiger partial charge in [-0.25, -0.2) is 0 Å². The summed E-state index contributed by atoms with van der Waals surface area (Å²) in [6.45, 7) is 3.82. The van der Waals surface area contributed by atoms with Gasteiger partial charge in [-0.05, 0) is 20.3 Å². The minimum absolute atomic E-state index is 0.281. The first kappa shape index (κ1) is 17.0. The highest BCUT2D eigenvalue weighted by molar-refractivity contribution is 9.10. The van der Waals surface area contributed by atoms with Gasteiger partial charge in [-0.15, -0.1) is 0 Å². The lowest BCUT2D eigenvalue weighted by Crippen LogP contribution is -2.42. The summed E-state index contributed by atoms with van der Waals surface area (Å²) in [4.78, 5) is 11.4. The normalized spacial score (nSPS) is 12.6. The van der Waals surface area contributed by atoms with Crippen LogP contribution in [-0.4, -0.2) is 47.0 Å². The molecule has 5 nitrogen and oxygen atoms in total. The molecule has 0 rings (SSSR count). The minimum Gasteiger partial charge on any atom is -0.465 e. The SMILES string of the molecule is CO[Si](CCCOC(=O)C(C)(C)Br)(OC)OC. The van der Waals surface area contributed by atoms with E-state index in [9.17, 15) is 4.79 Å². The van der Waals surface area contributed by atoms with Crippen LogP contribution >= 0.6 is 15.9 Å². The van der Waals surface area contributed by atoms with Crippen LogP contribution in [0, 0.1) is 0 Å². The highest BCUT2D eigenvalue weighted by Gasteiger charge is 2.37. The van der Waals surface area contributed by atoms with Crippen LogP contribution in [0.1, 0.15) is 20.3 Å². The zero-order chi connectivity index (χ0) is 13.5. The standard InChI is InChI=1S/C10H21BrO5Si/c1-10(2,11)9(12)16-7-6-8-17(13-3,14-4)15-5/h6-8H2,1-5H3. The summed E-state index contributed by atoms with van der Waals surface area (Å²) >= 11 is 3.24. The first-order chi connectivity index (χ1) is 7.81. The quantitative estimate of drug-likeness (QED) is 0.295. The van der Waals surface area contributed by atoms with Crippen LogP contribution in [0.25, 0.3) is 0 Å². The third-order valence-electron chi connectivity index (χ3n) is 2.28. The van der Waals surface area contributed by atoms with Crippen molar-refractivity contribution in [1.82, 2.24) is 0 Å². The summed E-state index contributed by atoms with van der Waals surface area (Å²) in [6, 6.07) is 0.618. The van der Waals surface area contributed by atoms with E-state index in [1.165, 1.54) is 0 Å². The van der Waals surface area contributed by atoms with Crippen molar-refractivity contribution >= 4 is 30.7 Å². The number of rotatable bonds is 8. The van der Waals surface area contributed by atoms with Gasteiger partial charge in [0.25, 0.3) is 0 Å². The highest BCUT2D eigenvalue weighted by Crippen LogP contribution is 2.19. The van der Waals surface area contributed by atoms with Crippen LogP contribution in [0.4, 0.5) is 0 Å². The van der Waals surface area contributed by atoms with Gasteiger partial charge in [-0.1, -0.05) is 15.9 Å². The molecular formula is C10H21BrO5Si. The smallest absolute Gasteiger partial charge is 0.465 e. The number of alkyl halides is 1. The van der Waals surface area contributed by atoms with E-state index in [0.717, 1.165) is 0 Å². The number of esters is 1. The Hall–Kier alpha value is 0.0469. The van der Waals surface area contributed by atoms with Crippen LogP contribution in [0.2, 0.25) is 6.04 Å². The summed E-state index contributed by atoms with van der Waals surface area (Å²) in [7, 11) is 2.15. The summed E-state index contributed by atoms with van der Waals surface area (Å²) < 4.78 is 20.2. The van der Waals surface area contributed by atoms with Gasteiger partial charge in [0, 0.05) is 27.4 Å². The topological polar surface area (TPSA) is 54.0 Å². The Kier molecular flexibility index (Phi) is 7.50. The number of carbonyl (C=O) groups is 1. The summed E-state index contributed by atoms with van der Waals surface area (Å²) in [5.41, 5.74) is 0. The molecule has 0 heterocycles. The van der Waals surface area contributed by atoms with Crippen molar-refractivity contribution in [2.45, 2.75) is 30.6 Å². The molecule has 0 aliphatic rings. The van der Waals surface area contributed by atoms with Crippen molar-refractivity contribution in [3.05, 3.63) is 0 Å². The van der Waals surface area contributed by atoms with Crippen LogP contribution < -0.4 is 0 Å². The molecule has 0 radical (unpaired) electrons. The molecule has 0 amide bonds. The molecule has 0 N–H and O–H groups in total. The minimum atomic E-state index is -2.54. The Balaban J connectivity index is 3.96. The number of carbonyl (C=O) groups excluding carboxylic acids is 1. The van der Waals surface area contributed by atoms with E-state index in [0.29, 0.717) is 19.1 Å². The van der Waals surface area contributed by atoms with Crippen LogP contribution in [0.15, 0.2) is 0 Å². The van der Waals surface area contributed by atoms with Gasteiger partial charge in [0.05, 0.1) is 6.61 Å². The third-order valence-corrected chi connectivity index (χ3v) is 5.43. The summed E-state index contributed by atoms with van der Waals surface area (Å²) in [5.74, 6) is -0.281. The highest BCUT2D eigenvalue weighted by atomic mass is 79.9. The molecule has 0 saturated heterocycles. The first-order valence-electron chi connectivity index (χ1n) is 5.33. The fourth-order valence-corrected chi connectivity index (χ4v) is 2.99. The molecule has 0 fully saturated rings. The van der Waals surface area contributed by atoms with Crippen molar-refractivity contribution in [3.8, 4) is 0 Å². The largest absolute Gasteiger partial charge is 0.500 e. The van der Waals surface area contributed by atoms with Crippen molar-refractivity contribution < 1.29 is 22.8 Å². The fraction of sp³-hybridized carbons (Fsp3) is 0.900. The molecule has 102 valence electrons. The predicted octanol–water partition coefficient (Wildman–Crippen LogP) is 1.97. The van der Waals surface area contributed by atoms with E-state index < -0.39 is 13.1 Å². The van der Waals surface area contributed by atoms with Crippen molar-refractivity contribution in [2.75, 3.05) is 27.9 Å². The lowest BCUT2D eigenvalue weighted by Gasteiger charge is -2.24. The van der Waals surface area contributed by atoms with Gasteiger partial charge >= 0.3 is 14.8 Å². The molecule has 0 aliphatic heterocycles. The lowest BCUT2D eigenvalue weighted by molar-refractivity contribution is -0.145. The molecule has 0 atom stereocenters. The second-order valence-electron chi connectivity index (χ2n) is 4.01. The van der Waals surface area contributed by atoms with Crippen molar-refractivity contribution in [2.24, 2.45) is 0 Å². The van der Waals surface area contributed by atoms with E-state index in [4.69, 9.17) is 18.0 Å². The van der Waals surface area contributed by atoms with E-state index >= 15 is 0 Å². The molecule has 0 aromatic rings. The Morgan fingerprint density at radius 1 is 1.18 bits per heavy atom. The molecule has 0 bridgehead atoms. The Morgan fingerprint density at radius 3 is 2.00 bits per heavy atom. The Labute approximate surface area is 112 Å². The predicted molar refractivity (Wildman–Crippen MR) is 70.2 cm³/mol. The summed E-state index contributed by atoms with van der Waals surface area (Å²) in [5, 5.41) is 0. The van der Waals surface area contributed by atoms with Crippen molar-refractivity contribution in [3.63, 3.8) is 0 Å². The molecule has 0 saturated carbocycles. The molecule has 0 aromatic heterocycles. The molecule has 17 heavy (non-hydrogen) atoms. The van der Waals surface area contributed by atoms with Gasteiger partial charge in [0.2, 0.25) is 0 Å². The van der Waals surface area contributed by atoms with E-state index in [1.54, 1.807) is 35.2 Å². The third kappa shape index (κ3) is 5.96.